The van der Waals surface area contributed by atoms with E-state index >= 15 is 0 Å². The highest BCUT2D eigenvalue weighted by molar-refractivity contribution is 7.15. The molecule has 1 N–H and O–H groups in total. The summed E-state index contributed by atoms with van der Waals surface area (Å²) in [5.74, 6) is 1.56. The Kier molecular flexibility index (Phi) is 5.20. The van der Waals surface area contributed by atoms with Crippen LogP contribution in [0.1, 0.15) is 6.42 Å². The van der Waals surface area contributed by atoms with Crippen LogP contribution >= 0.6 is 11.3 Å². The summed E-state index contributed by atoms with van der Waals surface area (Å²) in [4.78, 5) is 17.2. The zero-order valence-corrected chi connectivity index (χ0v) is 16.0. The largest absolute Gasteiger partial charge is 0.496 e. The summed E-state index contributed by atoms with van der Waals surface area (Å²) in [6.45, 7) is 0.282. The first kappa shape index (κ1) is 18.0. The lowest BCUT2D eigenvalue weighted by Gasteiger charge is -2.06. The van der Waals surface area contributed by atoms with Crippen LogP contribution in [0.15, 0.2) is 60.0 Å². The lowest BCUT2D eigenvalue weighted by molar-refractivity contribution is -0.116. The molecule has 2 aromatic carbocycles. The number of hydrogen-bond acceptors (Lipinski definition) is 6. The minimum Gasteiger partial charge on any atom is -0.496 e. The van der Waals surface area contributed by atoms with Crippen molar-refractivity contribution in [3.63, 3.8) is 0 Å². The van der Waals surface area contributed by atoms with E-state index in [1.165, 1.54) is 11.3 Å². The van der Waals surface area contributed by atoms with Gasteiger partial charge in [-0.3, -0.25) is 10.1 Å². The number of hydrogen-bond donors (Lipinski definition) is 1. The minimum absolute atomic E-state index is 0.201. The number of ether oxygens (including phenoxy) is 2. The first-order chi connectivity index (χ1) is 13.7. The molecule has 8 heteroatoms. The predicted octanol–water partition coefficient (Wildman–Crippen LogP) is 3.87. The fourth-order valence-corrected chi connectivity index (χ4v) is 3.56. The Labute approximate surface area is 165 Å². The van der Waals surface area contributed by atoms with Gasteiger partial charge in [-0.05, 0) is 24.3 Å². The number of para-hydroxylation sites is 2. The molecule has 4 aromatic rings. The third-order valence-corrected chi connectivity index (χ3v) is 4.87. The number of thiazole rings is 1. The van der Waals surface area contributed by atoms with Crippen LogP contribution in [0.25, 0.3) is 16.2 Å². The van der Waals surface area contributed by atoms with E-state index in [0.717, 1.165) is 22.8 Å². The van der Waals surface area contributed by atoms with Gasteiger partial charge in [0.1, 0.15) is 11.5 Å². The maximum Gasteiger partial charge on any atom is 0.250 e. The van der Waals surface area contributed by atoms with Crippen LogP contribution in [-0.4, -0.2) is 34.2 Å². The molecule has 4 rings (SSSR count). The molecule has 142 valence electrons. The number of nitrogens with zero attached hydrogens (tertiary/aromatic N) is 3. The van der Waals surface area contributed by atoms with E-state index in [1.54, 1.807) is 11.6 Å². The topological polar surface area (TPSA) is 77.8 Å². The third kappa shape index (κ3) is 3.81. The number of benzene rings is 2. The molecule has 0 bridgehead atoms. The molecule has 1 amide bonds. The van der Waals surface area contributed by atoms with Crippen molar-refractivity contribution in [3.8, 4) is 22.8 Å². The van der Waals surface area contributed by atoms with Gasteiger partial charge >= 0.3 is 0 Å². The van der Waals surface area contributed by atoms with Gasteiger partial charge in [-0.25, -0.2) is 4.52 Å². The normalized spacial score (nSPS) is 10.8. The summed E-state index contributed by atoms with van der Waals surface area (Å²) in [6.07, 6.45) is 0.209. The van der Waals surface area contributed by atoms with Gasteiger partial charge in [0, 0.05) is 10.9 Å². The second kappa shape index (κ2) is 8.10. The second-order valence-corrected chi connectivity index (χ2v) is 6.75. The summed E-state index contributed by atoms with van der Waals surface area (Å²) in [6, 6.07) is 17.1. The van der Waals surface area contributed by atoms with Crippen molar-refractivity contribution in [2.75, 3.05) is 19.0 Å². The van der Waals surface area contributed by atoms with Gasteiger partial charge in [-0.2, -0.15) is 4.98 Å². The Balaban J connectivity index is 1.44. The molecule has 0 aliphatic carbocycles. The summed E-state index contributed by atoms with van der Waals surface area (Å²) in [5, 5.41) is 9.11. The number of methoxy groups -OCH3 is 1. The molecule has 0 spiro atoms. The van der Waals surface area contributed by atoms with Crippen molar-refractivity contribution >= 4 is 28.2 Å². The van der Waals surface area contributed by atoms with E-state index in [2.05, 4.69) is 15.4 Å². The summed E-state index contributed by atoms with van der Waals surface area (Å²) < 4.78 is 12.7. The molecule has 0 atom stereocenters. The van der Waals surface area contributed by atoms with E-state index in [0.29, 0.717) is 4.96 Å². The van der Waals surface area contributed by atoms with Crippen molar-refractivity contribution < 1.29 is 14.3 Å². The van der Waals surface area contributed by atoms with E-state index in [4.69, 9.17) is 9.47 Å². The Morgan fingerprint density at radius 1 is 1.14 bits per heavy atom. The van der Waals surface area contributed by atoms with Gasteiger partial charge in [-0.1, -0.05) is 30.3 Å². The summed E-state index contributed by atoms with van der Waals surface area (Å²) in [5.41, 5.74) is 1.77. The SMILES string of the molecule is COc1ccccc1-c1csc2nc(NC(=O)CCOc3ccccc3)nn12. The van der Waals surface area contributed by atoms with E-state index in [1.807, 2.05) is 60.0 Å². The first-order valence-corrected chi connectivity index (χ1v) is 9.58. The van der Waals surface area contributed by atoms with Gasteiger partial charge in [0.15, 0.2) is 0 Å². The number of carbonyl (C=O) groups excluding carboxylic acids is 1. The Bertz CT molecular complexity index is 1090. The standard InChI is InChI=1S/C20H18N4O3S/c1-26-17-10-6-5-9-15(17)16-13-28-20-22-19(23-24(16)20)21-18(25)11-12-27-14-7-3-2-4-8-14/h2-10,13H,11-12H2,1H3,(H,21,23,25). The fourth-order valence-electron chi connectivity index (χ4n) is 2.74. The molecular weight excluding hydrogens is 376 g/mol. The molecule has 0 saturated heterocycles. The lowest BCUT2D eigenvalue weighted by Crippen LogP contribution is -2.16. The monoisotopic (exact) mass is 394 g/mol. The van der Waals surface area contributed by atoms with Crippen molar-refractivity contribution in [1.29, 1.82) is 0 Å². The highest BCUT2D eigenvalue weighted by Gasteiger charge is 2.15. The van der Waals surface area contributed by atoms with Crippen molar-refractivity contribution in [3.05, 3.63) is 60.0 Å². The molecule has 7 nitrogen and oxygen atoms in total. The molecule has 2 heterocycles. The number of aromatic nitrogens is 3. The zero-order chi connectivity index (χ0) is 19.3. The predicted molar refractivity (Wildman–Crippen MR) is 108 cm³/mol. The molecule has 0 fully saturated rings. The summed E-state index contributed by atoms with van der Waals surface area (Å²) >= 11 is 1.45. The number of amides is 1. The quantitative estimate of drug-likeness (QED) is 0.515. The molecule has 0 aliphatic heterocycles. The van der Waals surface area contributed by atoms with Crippen LogP contribution in [0.2, 0.25) is 0 Å². The average Bonchev–Trinajstić information content (AvgIpc) is 3.29. The van der Waals surface area contributed by atoms with Crippen LogP contribution in [0.3, 0.4) is 0 Å². The maximum atomic E-state index is 12.2. The Hall–Kier alpha value is -3.39. The zero-order valence-electron chi connectivity index (χ0n) is 15.2. The van der Waals surface area contributed by atoms with Crippen LogP contribution in [0, 0.1) is 0 Å². The fraction of sp³-hybridized carbons (Fsp3) is 0.150. The smallest absolute Gasteiger partial charge is 0.250 e. The molecule has 0 aliphatic rings. The third-order valence-electron chi connectivity index (χ3n) is 4.06. The Morgan fingerprint density at radius 2 is 1.93 bits per heavy atom. The summed E-state index contributed by atoms with van der Waals surface area (Å²) in [7, 11) is 1.63. The number of nitrogens with one attached hydrogen (secondary N) is 1. The number of carbonyl (C=O) groups is 1. The average molecular weight is 394 g/mol. The maximum absolute atomic E-state index is 12.2. The molecule has 0 unspecified atom stereocenters. The highest BCUT2D eigenvalue weighted by Crippen LogP contribution is 2.32. The molecule has 0 saturated carbocycles. The van der Waals surface area contributed by atoms with Crippen molar-refractivity contribution in [2.24, 2.45) is 0 Å². The molecular formula is C20H18N4O3S. The van der Waals surface area contributed by atoms with Crippen LogP contribution in [0.5, 0.6) is 11.5 Å². The van der Waals surface area contributed by atoms with Gasteiger partial charge < -0.3 is 9.47 Å². The minimum atomic E-state index is -0.201. The second-order valence-electron chi connectivity index (χ2n) is 5.91. The lowest BCUT2D eigenvalue weighted by atomic mass is 10.1. The van der Waals surface area contributed by atoms with E-state index in [-0.39, 0.29) is 24.9 Å². The van der Waals surface area contributed by atoms with Crippen LogP contribution in [0.4, 0.5) is 5.95 Å². The molecule has 0 radical (unpaired) electrons. The van der Waals surface area contributed by atoms with Crippen molar-refractivity contribution in [1.82, 2.24) is 14.6 Å². The van der Waals surface area contributed by atoms with E-state index in [9.17, 15) is 4.79 Å². The first-order valence-electron chi connectivity index (χ1n) is 8.70. The van der Waals surface area contributed by atoms with Crippen molar-refractivity contribution in [2.45, 2.75) is 6.42 Å². The Morgan fingerprint density at radius 3 is 2.75 bits per heavy atom. The van der Waals surface area contributed by atoms with E-state index < -0.39 is 0 Å². The van der Waals surface area contributed by atoms with Gasteiger partial charge in [-0.15, -0.1) is 16.4 Å². The molecule has 28 heavy (non-hydrogen) atoms. The molecule has 2 aromatic heterocycles. The number of fused-ring (bicyclic) bond motifs is 1. The van der Waals surface area contributed by atoms with Crippen LogP contribution in [-0.2, 0) is 4.79 Å². The number of anilines is 1. The number of rotatable bonds is 7. The van der Waals surface area contributed by atoms with Crippen LogP contribution < -0.4 is 14.8 Å². The van der Waals surface area contributed by atoms with Gasteiger partial charge in [0.25, 0.3) is 0 Å². The highest BCUT2D eigenvalue weighted by atomic mass is 32.1. The van der Waals surface area contributed by atoms with Gasteiger partial charge in [0.05, 0.1) is 25.8 Å². The van der Waals surface area contributed by atoms with Gasteiger partial charge in [0.2, 0.25) is 16.8 Å².